The lowest BCUT2D eigenvalue weighted by Crippen LogP contribution is -2.31. The van der Waals surface area contributed by atoms with Crippen molar-refractivity contribution in [2.45, 2.75) is 30.7 Å². The molecule has 0 aliphatic heterocycles. The first kappa shape index (κ1) is 15.8. The number of halogens is 1. The maximum atomic E-state index is 5.87. The van der Waals surface area contributed by atoms with Crippen LogP contribution in [0.5, 0.6) is 0 Å². The largest absolute Gasteiger partial charge is 0.385 e. The van der Waals surface area contributed by atoms with E-state index < -0.39 is 0 Å². The van der Waals surface area contributed by atoms with E-state index in [9.17, 15) is 0 Å². The molecule has 0 amide bonds. The summed E-state index contributed by atoms with van der Waals surface area (Å²) in [5, 5.41) is 4.31. The molecule has 1 atom stereocenters. The van der Waals surface area contributed by atoms with E-state index in [1.165, 1.54) is 4.90 Å². The van der Waals surface area contributed by atoms with Gasteiger partial charge in [0, 0.05) is 35.4 Å². The molecule has 1 aromatic rings. The lowest BCUT2D eigenvalue weighted by atomic mass is 10.2. The SMILES string of the molecule is CCNC(CCCOC)CSc1ccc(Cl)cc1. The van der Waals surface area contributed by atoms with Gasteiger partial charge in [-0.05, 0) is 43.7 Å². The summed E-state index contributed by atoms with van der Waals surface area (Å²) in [4.78, 5) is 1.27. The molecule has 4 heteroatoms. The van der Waals surface area contributed by atoms with E-state index >= 15 is 0 Å². The Morgan fingerprint density at radius 2 is 2.06 bits per heavy atom. The van der Waals surface area contributed by atoms with Gasteiger partial charge in [0.05, 0.1) is 0 Å². The quantitative estimate of drug-likeness (QED) is 0.551. The summed E-state index contributed by atoms with van der Waals surface area (Å²) >= 11 is 7.75. The van der Waals surface area contributed by atoms with Gasteiger partial charge in [-0.25, -0.2) is 0 Å². The number of hydrogen-bond donors (Lipinski definition) is 1. The Kier molecular flexibility index (Phi) is 8.51. The summed E-state index contributed by atoms with van der Waals surface area (Å²) in [6, 6.07) is 8.58. The first-order valence-corrected chi connectivity index (χ1v) is 7.73. The minimum absolute atomic E-state index is 0.547. The summed E-state index contributed by atoms with van der Waals surface area (Å²) in [6.45, 7) is 4.00. The van der Waals surface area contributed by atoms with Crippen LogP contribution in [0.15, 0.2) is 29.2 Å². The Bertz CT molecular complexity index is 318. The fourth-order valence-corrected chi connectivity index (χ4v) is 2.87. The van der Waals surface area contributed by atoms with Crippen LogP contribution in [-0.2, 0) is 4.74 Å². The fraction of sp³-hybridized carbons (Fsp3) is 0.571. The van der Waals surface area contributed by atoms with E-state index in [0.29, 0.717) is 6.04 Å². The highest BCUT2D eigenvalue weighted by molar-refractivity contribution is 7.99. The van der Waals surface area contributed by atoms with Gasteiger partial charge in [0.15, 0.2) is 0 Å². The van der Waals surface area contributed by atoms with Gasteiger partial charge in [-0.15, -0.1) is 11.8 Å². The zero-order chi connectivity index (χ0) is 13.2. The second-order valence-corrected chi connectivity index (χ2v) is 5.68. The maximum Gasteiger partial charge on any atom is 0.0462 e. The standard InChI is InChI=1S/C14H22ClNOS/c1-3-16-13(5-4-10-17-2)11-18-14-8-6-12(15)7-9-14/h6-9,13,16H,3-5,10-11H2,1-2H3. The Balaban J connectivity index is 2.33. The summed E-state index contributed by atoms with van der Waals surface area (Å²) in [5.41, 5.74) is 0. The van der Waals surface area contributed by atoms with Gasteiger partial charge in [-0.3, -0.25) is 0 Å². The second-order valence-electron chi connectivity index (χ2n) is 4.15. The number of methoxy groups -OCH3 is 1. The van der Waals surface area contributed by atoms with Gasteiger partial charge in [-0.1, -0.05) is 18.5 Å². The molecule has 102 valence electrons. The molecule has 0 bridgehead atoms. The predicted octanol–water partition coefficient (Wildman–Crippen LogP) is 3.84. The predicted molar refractivity (Wildman–Crippen MR) is 80.8 cm³/mol. The van der Waals surface area contributed by atoms with Gasteiger partial charge in [0.2, 0.25) is 0 Å². The number of nitrogens with one attached hydrogen (secondary N) is 1. The normalized spacial score (nSPS) is 12.6. The third-order valence-corrected chi connectivity index (χ3v) is 4.09. The van der Waals surface area contributed by atoms with Crippen LogP contribution in [0.2, 0.25) is 5.02 Å². The summed E-state index contributed by atoms with van der Waals surface area (Å²) < 4.78 is 5.10. The van der Waals surface area contributed by atoms with Crippen LogP contribution in [0.4, 0.5) is 0 Å². The number of thioether (sulfide) groups is 1. The van der Waals surface area contributed by atoms with Gasteiger partial charge in [0.1, 0.15) is 0 Å². The zero-order valence-corrected chi connectivity index (χ0v) is 12.7. The zero-order valence-electron chi connectivity index (χ0n) is 11.1. The Morgan fingerprint density at radius 3 is 2.67 bits per heavy atom. The number of rotatable bonds is 9. The molecule has 0 spiro atoms. The summed E-state index contributed by atoms with van der Waals surface area (Å²) in [5.74, 6) is 1.08. The molecular formula is C14H22ClNOS. The van der Waals surface area contributed by atoms with Crippen molar-refractivity contribution in [3.05, 3.63) is 29.3 Å². The average molecular weight is 288 g/mol. The molecular weight excluding hydrogens is 266 g/mol. The molecule has 0 aliphatic carbocycles. The van der Waals surface area contributed by atoms with Gasteiger partial charge in [-0.2, -0.15) is 0 Å². The van der Waals surface area contributed by atoms with Crippen molar-refractivity contribution in [2.24, 2.45) is 0 Å². The fourth-order valence-electron chi connectivity index (χ4n) is 1.73. The molecule has 2 nitrogen and oxygen atoms in total. The van der Waals surface area contributed by atoms with Crippen LogP contribution in [0.25, 0.3) is 0 Å². The molecule has 1 aromatic carbocycles. The van der Waals surface area contributed by atoms with E-state index in [1.54, 1.807) is 7.11 Å². The third-order valence-electron chi connectivity index (χ3n) is 2.66. The van der Waals surface area contributed by atoms with Crippen molar-refractivity contribution in [2.75, 3.05) is 26.0 Å². The highest BCUT2D eigenvalue weighted by Gasteiger charge is 2.07. The van der Waals surface area contributed by atoms with Crippen LogP contribution >= 0.6 is 23.4 Å². The van der Waals surface area contributed by atoms with Crippen molar-refractivity contribution in [1.82, 2.24) is 5.32 Å². The van der Waals surface area contributed by atoms with Gasteiger partial charge in [0.25, 0.3) is 0 Å². The lowest BCUT2D eigenvalue weighted by molar-refractivity contribution is 0.190. The molecule has 18 heavy (non-hydrogen) atoms. The second kappa shape index (κ2) is 9.68. The molecule has 1 rings (SSSR count). The molecule has 0 heterocycles. The van der Waals surface area contributed by atoms with Crippen LogP contribution < -0.4 is 5.32 Å². The summed E-state index contributed by atoms with van der Waals surface area (Å²) in [6.07, 6.45) is 2.26. The van der Waals surface area contributed by atoms with Crippen LogP contribution in [0.3, 0.4) is 0 Å². The van der Waals surface area contributed by atoms with E-state index in [0.717, 1.165) is 36.8 Å². The maximum absolute atomic E-state index is 5.87. The first-order chi connectivity index (χ1) is 8.76. The molecule has 0 fully saturated rings. The van der Waals surface area contributed by atoms with Gasteiger partial charge >= 0.3 is 0 Å². The van der Waals surface area contributed by atoms with Crippen LogP contribution in [0.1, 0.15) is 19.8 Å². The van der Waals surface area contributed by atoms with Gasteiger partial charge < -0.3 is 10.1 Å². The number of hydrogen-bond acceptors (Lipinski definition) is 3. The molecule has 1 unspecified atom stereocenters. The smallest absolute Gasteiger partial charge is 0.0462 e. The molecule has 1 N–H and O–H groups in total. The molecule has 0 saturated carbocycles. The highest BCUT2D eigenvalue weighted by Crippen LogP contribution is 2.21. The molecule has 0 aliphatic rings. The van der Waals surface area contributed by atoms with E-state index in [4.69, 9.17) is 16.3 Å². The minimum atomic E-state index is 0.547. The first-order valence-electron chi connectivity index (χ1n) is 6.37. The monoisotopic (exact) mass is 287 g/mol. The van der Waals surface area contributed by atoms with Crippen LogP contribution in [-0.4, -0.2) is 32.1 Å². The van der Waals surface area contributed by atoms with Crippen LogP contribution in [0, 0.1) is 0 Å². The number of ether oxygens (including phenoxy) is 1. The topological polar surface area (TPSA) is 21.3 Å². The average Bonchev–Trinajstić information content (AvgIpc) is 2.38. The highest BCUT2D eigenvalue weighted by atomic mass is 35.5. The Hall–Kier alpha value is -0.220. The molecule has 0 radical (unpaired) electrons. The van der Waals surface area contributed by atoms with E-state index in [-0.39, 0.29) is 0 Å². The third kappa shape index (κ3) is 6.64. The minimum Gasteiger partial charge on any atom is -0.385 e. The lowest BCUT2D eigenvalue weighted by Gasteiger charge is -2.17. The Morgan fingerprint density at radius 1 is 1.33 bits per heavy atom. The van der Waals surface area contributed by atoms with E-state index in [2.05, 4.69) is 24.4 Å². The van der Waals surface area contributed by atoms with Crippen molar-refractivity contribution in [1.29, 1.82) is 0 Å². The van der Waals surface area contributed by atoms with Crippen molar-refractivity contribution >= 4 is 23.4 Å². The van der Waals surface area contributed by atoms with Crippen molar-refractivity contribution in [3.8, 4) is 0 Å². The van der Waals surface area contributed by atoms with Crippen molar-refractivity contribution < 1.29 is 4.74 Å². The van der Waals surface area contributed by atoms with E-state index in [1.807, 2.05) is 23.9 Å². The van der Waals surface area contributed by atoms with Crippen molar-refractivity contribution in [3.63, 3.8) is 0 Å². The Labute approximate surface area is 119 Å². The summed E-state index contributed by atoms with van der Waals surface area (Å²) in [7, 11) is 1.75. The molecule has 0 saturated heterocycles. The molecule has 0 aromatic heterocycles. The number of benzene rings is 1.